The molecule has 3 nitrogen and oxygen atoms in total. The predicted molar refractivity (Wildman–Crippen MR) is 115 cm³/mol. The monoisotopic (exact) mass is 405 g/mol. The van der Waals surface area contributed by atoms with Crippen LogP contribution in [0, 0.1) is 23.2 Å². The van der Waals surface area contributed by atoms with Gasteiger partial charge in [0, 0.05) is 19.6 Å². The van der Waals surface area contributed by atoms with Crippen molar-refractivity contribution in [1.29, 1.82) is 0 Å². The Morgan fingerprint density at radius 3 is 2.62 bits per heavy atom. The van der Waals surface area contributed by atoms with Gasteiger partial charge < -0.3 is 15.1 Å². The molecule has 4 fully saturated rings. The van der Waals surface area contributed by atoms with Crippen molar-refractivity contribution in [3.63, 3.8) is 0 Å². The number of hydrogen-bond acceptors (Lipinski definition) is 3. The lowest BCUT2D eigenvalue weighted by Crippen LogP contribution is -2.39. The predicted octanol–water partition coefficient (Wildman–Crippen LogP) is 4.64. The van der Waals surface area contributed by atoms with Gasteiger partial charge in [-0.05, 0) is 81.0 Å². The maximum absolute atomic E-state index is 13.6. The van der Waals surface area contributed by atoms with E-state index in [0.717, 1.165) is 19.0 Å². The van der Waals surface area contributed by atoms with E-state index in [0.29, 0.717) is 49.5 Å². The van der Waals surface area contributed by atoms with Gasteiger partial charge in [-0.1, -0.05) is 37.1 Å². The number of hydrogen-bond donors (Lipinski definition) is 2. The topological polar surface area (TPSA) is 43.7 Å². The van der Waals surface area contributed by atoms with Crippen LogP contribution in [0.5, 0.6) is 0 Å². The number of nitrogens with zero attached hydrogens (tertiary/aromatic N) is 1. The molecule has 1 aliphatic heterocycles. The molecule has 1 saturated heterocycles. The second kappa shape index (κ2) is 8.80. The molecule has 4 heteroatoms. The van der Waals surface area contributed by atoms with Crippen molar-refractivity contribution in [3.05, 3.63) is 23.3 Å². The molecule has 0 aromatic rings. The van der Waals surface area contributed by atoms with Crippen LogP contribution in [0.3, 0.4) is 0 Å². The molecule has 164 valence electrons. The first-order chi connectivity index (χ1) is 13.8. The number of rotatable bonds is 4. The Morgan fingerprint density at radius 2 is 1.93 bits per heavy atom. The molecule has 1 unspecified atom stereocenters. The molecule has 4 rings (SSSR count). The van der Waals surface area contributed by atoms with Crippen molar-refractivity contribution in [2.75, 3.05) is 19.6 Å². The van der Waals surface area contributed by atoms with Gasteiger partial charge in [0.15, 0.2) is 0 Å². The van der Waals surface area contributed by atoms with E-state index < -0.39 is 18.4 Å². The van der Waals surface area contributed by atoms with Gasteiger partial charge in [-0.25, -0.2) is 4.39 Å². The molecule has 3 saturated carbocycles. The van der Waals surface area contributed by atoms with Crippen LogP contribution in [0.1, 0.15) is 71.6 Å². The van der Waals surface area contributed by atoms with Crippen LogP contribution in [-0.2, 0) is 0 Å². The number of likely N-dealkylation sites (tertiary alicyclic amines) is 1. The first kappa shape index (κ1) is 21.5. The zero-order valence-corrected chi connectivity index (χ0v) is 18.3. The third-order valence-electron chi connectivity index (χ3n) is 8.56. The van der Waals surface area contributed by atoms with Gasteiger partial charge in [0.1, 0.15) is 6.17 Å². The number of alkyl halides is 1. The maximum Gasteiger partial charge on any atom is 0.114 e. The fraction of sp³-hybridized carbons (Fsp3) is 0.840. The third kappa shape index (κ3) is 4.65. The first-order valence-electron chi connectivity index (χ1n) is 12.0. The highest BCUT2D eigenvalue weighted by Gasteiger charge is 2.50. The number of fused-ring (bicyclic) bond motifs is 1. The molecule has 1 heterocycles. The quantitative estimate of drug-likeness (QED) is 0.716. The van der Waals surface area contributed by atoms with E-state index in [9.17, 15) is 14.6 Å². The van der Waals surface area contributed by atoms with E-state index in [1.54, 1.807) is 5.57 Å². The Bertz CT molecular complexity index is 635. The Balaban J connectivity index is 1.44. The first-order valence-corrected chi connectivity index (χ1v) is 12.0. The minimum Gasteiger partial charge on any atom is -0.393 e. The zero-order chi connectivity index (χ0) is 20.6. The van der Waals surface area contributed by atoms with Crippen LogP contribution in [-0.4, -0.2) is 53.1 Å². The highest BCUT2D eigenvalue weighted by atomic mass is 19.1. The fourth-order valence-electron chi connectivity index (χ4n) is 7.23. The van der Waals surface area contributed by atoms with E-state index in [1.165, 1.54) is 37.7 Å². The summed E-state index contributed by atoms with van der Waals surface area (Å²) in [5.41, 5.74) is 3.14. The van der Waals surface area contributed by atoms with Gasteiger partial charge in [-0.15, -0.1) is 0 Å². The van der Waals surface area contributed by atoms with Gasteiger partial charge in [0.25, 0.3) is 0 Å². The molecule has 0 radical (unpaired) electrons. The van der Waals surface area contributed by atoms with E-state index in [4.69, 9.17) is 0 Å². The lowest BCUT2D eigenvalue weighted by Gasteiger charge is -2.45. The highest BCUT2D eigenvalue weighted by Crippen LogP contribution is 2.59. The molecule has 3 aliphatic carbocycles. The largest absolute Gasteiger partial charge is 0.393 e. The van der Waals surface area contributed by atoms with Crippen LogP contribution < -0.4 is 0 Å². The van der Waals surface area contributed by atoms with E-state index >= 15 is 0 Å². The second-order valence-electron chi connectivity index (χ2n) is 10.7. The van der Waals surface area contributed by atoms with Gasteiger partial charge in [0.05, 0.1) is 12.2 Å². The molecule has 2 N–H and O–H groups in total. The van der Waals surface area contributed by atoms with Crippen molar-refractivity contribution in [2.24, 2.45) is 23.2 Å². The van der Waals surface area contributed by atoms with Crippen LogP contribution in [0.2, 0.25) is 0 Å². The van der Waals surface area contributed by atoms with E-state index in [2.05, 4.69) is 30.9 Å². The van der Waals surface area contributed by atoms with Crippen LogP contribution in [0.15, 0.2) is 23.3 Å². The maximum atomic E-state index is 13.6. The van der Waals surface area contributed by atoms with E-state index in [-0.39, 0.29) is 0 Å². The standard InChI is InChI=1S/C25H40FNO2/c1-17(15-27-11-9-20(26)16-27)23-7-8-24-19(4-3-10-25(23,24)2)6-5-18-12-21(28)14-22(29)13-18/h5-6,17,20-24,28-29H,3-4,7-16H2,1-2H3/b18-5-,19-6+/t17?,20-,21+,22-,23+,24-,25+/m0/s1. The summed E-state index contributed by atoms with van der Waals surface area (Å²) in [7, 11) is 0. The van der Waals surface area contributed by atoms with Crippen LogP contribution in [0.25, 0.3) is 0 Å². The lowest BCUT2D eigenvalue weighted by atomic mass is 9.61. The van der Waals surface area contributed by atoms with Crippen LogP contribution >= 0.6 is 0 Å². The minimum atomic E-state index is -0.622. The molecule has 0 amide bonds. The SMILES string of the molecule is CC(CN1CC[C@H](F)C1)[C@H]1CC[C@H]2/C(=C/C=C3/C[C@@H](O)C[C@@H](O)C3)CCC[C@]12C. The van der Waals surface area contributed by atoms with Crippen molar-refractivity contribution in [2.45, 2.75) is 90.0 Å². The molecule has 0 spiro atoms. The van der Waals surface area contributed by atoms with Crippen molar-refractivity contribution in [3.8, 4) is 0 Å². The number of allylic oxidation sites excluding steroid dienone is 3. The normalized spacial score (nSPS) is 45.1. The summed E-state index contributed by atoms with van der Waals surface area (Å²) in [5.74, 6) is 2.00. The summed E-state index contributed by atoms with van der Waals surface area (Å²) in [4.78, 5) is 2.34. The average molecular weight is 406 g/mol. The smallest absolute Gasteiger partial charge is 0.114 e. The Kier molecular flexibility index (Phi) is 6.53. The number of aliphatic hydroxyl groups excluding tert-OH is 2. The summed E-state index contributed by atoms with van der Waals surface area (Å²) in [6, 6.07) is 0. The van der Waals surface area contributed by atoms with Crippen molar-refractivity contribution >= 4 is 0 Å². The third-order valence-corrected chi connectivity index (χ3v) is 8.56. The molecule has 0 bridgehead atoms. The second-order valence-corrected chi connectivity index (χ2v) is 10.7. The van der Waals surface area contributed by atoms with Gasteiger partial charge >= 0.3 is 0 Å². The summed E-state index contributed by atoms with van der Waals surface area (Å²) >= 11 is 0. The van der Waals surface area contributed by atoms with Crippen molar-refractivity contribution in [1.82, 2.24) is 4.90 Å². The summed E-state index contributed by atoms with van der Waals surface area (Å²) in [6.07, 6.45) is 12.1. The zero-order valence-electron chi connectivity index (χ0n) is 18.3. The summed E-state index contributed by atoms with van der Waals surface area (Å²) < 4.78 is 13.6. The molecule has 0 aromatic heterocycles. The fourth-order valence-corrected chi connectivity index (χ4v) is 7.23. The molecular weight excluding hydrogens is 365 g/mol. The Hall–Kier alpha value is -0.710. The van der Waals surface area contributed by atoms with Gasteiger partial charge in [-0.2, -0.15) is 0 Å². The minimum absolute atomic E-state index is 0.364. The molecule has 29 heavy (non-hydrogen) atoms. The van der Waals surface area contributed by atoms with Gasteiger partial charge in [-0.3, -0.25) is 0 Å². The van der Waals surface area contributed by atoms with Gasteiger partial charge in [0.2, 0.25) is 0 Å². The van der Waals surface area contributed by atoms with E-state index in [1.807, 2.05) is 0 Å². The van der Waals surface area contributed by atoms with Crippen LogP contribution in [0.4, 0.5) is 4.39 Å². The molecular formula is C25H40FNO2. The molecule has 0 aromatic carbocycles. The molecule has 7 atom stereocenters. The number of aliphatic hydroxyl groups is 2. The average Bonchev–Trinajstić information content (AvgIpc) is 3.21. The Labute approximate surface area is 176 Å². The van der Waals surface area contributed by atoms with Crippen molar-refractivity contribution < 1.29 is 14.6 Å². The highest BCUT2D eigenvalue weighted by molar-refractivity contribution is 5.26. The summed E-state index contributed by atoms with van der Waals surface area (Å²) in [5, 5.41) is 19.9. The number of halogens is 1. The summed E-state index contributed by atoms with van der Waals surface area (Å²) in [6.45, 7) is 7.52. The molecule has 4 aliphatic rings. The lowest BCUT2D eigenvalue weighted by molar-refractivity contribution is 0.0609. The Morgan fingerprint density at radius 1 is 1.17 bits per heavy atom.